The lowest BCUT2D eigenvalue weighted by Gasteiger charge is -2.26. The topological polar surface area (TPSA) is 145 Å². The molecule has 0 spiro atoms. The first-order chi connectivity index (χ1) is 13.3. The van der Waals surface area contributed by atoms with Gasteiger partial charge in [0.25, 0.3) is 5.91 Å². The standard InChI is InChI=1S/C18H30N4O7/c1-7-10(2)13(20-16(27)29-18(3,4)5)14(24)19-8-12(23)22-11(15(25)26)9-21(6)17(22)28/h10-11,13H,7-9H2,1-6H3,(H,19,24)(H,20,27)(H,25,26)/t10-,11?,13-/m0/s1. The number of imide groups is 1. The van der Waals surface area contributed by atoms with E-state index in [9.17, 15) is 29.1 Å². The van der Waals surface area contributed by atoms with Gasteiger partial charge in [-0.3, -0.25) is 9.59 Å². The summed E-state index contributed by atoms with van der Waals surface area (Å²) in [5.41, 5.74) is -0.746. The van der Waals surface area contributed by atoms with Gasteiger partial charge in [0.15, 0.2) is 6.04 Å². The minimum Gasteiger partial charge on any atom is -0.480 e. The average Bonchev–Trinajstić information content (AvgIpc) is 2.90. The van der Waals surface area contributed by atoms with Gasteiger partial charge >= 0.3 is 18.1 Å². The van der Waals surface area contributed by atoms with E-state index in [1.54, 1.807) is 27.7 Å². The van der Waals surface area contributed by atoms with Gasteiger partial charge in [0.1, 0.15) is 11.6 Å². The summed E-state index contributed by atoms with van der Waals surface area (Å²) in [6, 6.07) is -3.03. The van der Waals surface area contributed by atoms with Crippen LogP contribution in [-0.2, 0) is 19.1 Å². The zero-order valence-corrected chi connectivity index (χ0v) is 17.6. The van der Waals surface area contributed by atoms with E-state index >= 15 is 0 Å². The fourth-order valence-electron chi connectivity index (χ4n) is 2.70. The number of urea groups is 1. The molecule has 1 rings (SSSR count). The van der Waals surface area contributed by atoms with Gasteiger partial charge < -0.3 is 25.4 Å². The van der Waals surface area contributed by atoms with E-state index in [1.165, 1.54) is 7.05 Å². The van der Waals surface area contributed by atoms with Crippen molar-refractivity contribution in [2.24, 2.45) is 5.92 Å². The number of amides is 5. The molecule has 0 aliphatic carbocycles. The van der Waals surface area contributed by atoms with E-state index in [1.807, 2.05) is 6.92 Å². The number of nitrogens with one attached hydrogen (secondary N) is 2. The van der Waals surface area contributed by atoms with Crippen LogP contribution in [0.15, 0.2) is 0 Å². The van der Waals surface area contributed by atoms with Crippen molar-refractivity contribution in [1.82, 2.24) is 20.4 Å². The first-order valence-corrected chi connectivity index (χ1v) is 9.35. The SMILES string of the molecule is CC[C@H](C)[C@H](NC(=O)OC(C)(C)C)C(=O)NCC(=O)N1C(=O)N(C)CC1C(=O)O. The third-order valence-electron chi connectivity index (χ3n) is 4.43. The number of nitrogens with zero attached hydrogens (tertiary/aromatic N) is 2. The van der Waals surface area contributed by atoms with Crippen molar-refractivity contribution in [2.75, 3.05) is 20.1 Å². The number of hydrogen-bond acceptors (Lipinski definition) is 6. The lowest BCUT2D eigenvalue weighted by molar-refractivity contribution is -0.146. The summed E-state index contributed by atoms with van der Waals surface area (Å²) in [7, 11) is 1.38. The molecule has 0 bridgehead atoms. The van der Waals surface area contributed by atoms with Crippen LogP contribution in [0, 0.1) is 5.92 Å². The van der Waals surface area contributed by atoms with Crippen molar-refractivity contribution >= 4 is 29.9 Å². The van der Waals surface area contributed by atoms with Crippen molar-refractivity contribution in [2.45, 2.75) is 58.7 Å². The molecule has 0 aromatic carbocycles. The molecule has 1 heterocycles. The van der Waals surface area contributed by atoms with Gasteiger partial charge in [0.2, 0.25) is 5.91 Å². The predicted molar refractivity (Wildman–Crippen MR) is 102 cm³/mol. The smallest absolute Gasteiger partial charge is 0.408 e. The number of hydrogen-bond donors (Lipinski definition) is 3. The number of carbonyl (C=O) groups is 5. The van der Waals surface area contributed by atoms with Crippen LogP contribution in [0.5, 0.6) is 0 Å². The molecular weight excluding hydrogens is 384 g/mol. The number of ether oxygens (including phenoxy) is 1. The number of carboxylic acids is 1. The van der Waals surface area contributed by atoms with Gasteiger partial charge in [0, 0.05) is 7.05 Å². The molecule has 3 atom stereocenters. The summed E-state index contributed by atoms with van der Waals surface area (Å²) in [5, 5.41) is 14.1. The van der Waals surface area contributed by atoms with E-state index in [-0.39, 0.29) is 12.5 Å². The Kier molecular flexibility index (Phi) is 7.98. The van der Waals surface area contributed by atoms with Crippen molar-refractivity contribution in [3.63, 3.8) is 0 Å². The Bertz CT molecular complexity index is 674. The highest BCUT2D eigenvalue weighted by Gasteiger charge is 2.43. The van der Waals surface area contributed by atoms with E-state index in [2.05, 4.69) is 10.6 Å². The first-order valence-electron chi connectivity index (χ1n) is 9.35. The molecule has 11 nitrogen and oxygen atoms in total. The van der Waals surface area contributed by atoms with Crippen molar-refractivity contribution in [3.8, 4) is 0 Å². The maximum atomic E-state index is 12.6. The second-order valence-corrected chi connectivity index (χ2v) is 8.01. The summed E-state index contributed by atoms with van der Waals surface area (Å²) in [6.07, 6.45) is -0.204. The normalized spacial score (nSPS) is 18.8. The van der Waals surface area contributed by atoms with Crippen LogP contribution in [0.25, 0.3) is 0 Å². The molecule has 0 radical (unpaired) electrons. The van der Waals surface area contributed by atoms with Gasteiger partial charge in [-0.05, 0) is 26.7 Å². The second-order valence-electron chi connectivity index (χ2n) is 8.01. The molecule has 5 amide bonds. The summed E-state index contributed by atoms with van der Waals surface area (Å²) in [6.45, 7) is 7.94. The Morgan fingerprint density at radius 2 is 1.86 bits per heavy atom. The molecular formula is C18H30N4O7. The lowest BCUT2D eigenvalue weighted by Crippen LogP contribution is -2.54. The Labute approximate surface area is 169 Å². The molecule has 1 unspecified atom stereocenters. The van der Waals surface area contributed by atoms with Crippen molar-refractivity contribution in [3.05, 3.63) is 0 Å². The fraction of sp³-hybridized carbons (Fsp3) is 0.722. The molecule has 164 valence electrons. The maximum Gasteiger partial charge on any atom is 0.408 e. The molecule has 1 aliphatic rings. The maximum absolute atomic E-state index is 12.6. The number of rotatable bonds is 7. The lowest BCUT2D eigenvalue weighted by atomic mass is 9.98. The highest BCUT2D eigenvalue weighted by Crippen LogP contribution is 2.15. The van der Waals surface area contributed by atoms with Crippen LogP contribution in [0.3, 0.4) is 0 Å². The van der Waals surface area contributed by atoms with E-state index in [4.69, 9.17) is 4.74 Å². The molecule has 11 heteroatoms. The van der Waals surface area contributed by atoms with Crippen LogP contribution in [0.4, 0.5) is 9.59 Å². The Morgan fingerprint density at radius 1 is 1.28 bits per heavy atom. The number of carboxylic acid groups (broad SMARTS) is 1. The van der Waals surface area contributed by atoms with E-state index in [0.29, 0.717) is 11.3 Å². The highest BCUT2D eigenvalue weighted by molar-refractivity contribution is 6.02. The average molecular weight is 414 g/mol. The monoisotopic (exact) mass is 414 g/mol. The summed E-state index contributed by atoms with van der Waals surface area (Å²) < 4.78 is 5.17. The quantitative estimate of drug-likeness (QED) is 0.546. The van der Waals surface area contributed by atoms with Crippen LogP contribution < -0.4 is 10.6 Å². The van der Waals surface area contributed by atoms with Gasteiger partial charge in [-0.25, -0.2) is 19.3 Å². The molecule has 29 heavy (non-hydrogen) atoms. The van der Waals surface area contributed by atoms with E-state index in [0.717, 1.165) is 4.90 Å². The van der Waals surface area contributed by atoms with Gasteiger partial charge in [-0.2, -0.15) is 0 Å². The highest BCUT2D eigenvalue weighted by atomic mass is 16.6. The molecule has 3 N–H and O–H groups in total. The summed E-state index contributed by atoms with van der Waals surface area (Å²) in [5.74, 6) is -3.05. The van der Waals surface area contributed by atoms with Crippen molar-refractivity contribution in [1.29, 1.82) is 0 Å². The number of carbonyl (C=O) groups excluding carboxylic acids is 4. The van der Waals surface area contributed by atoms with Crippen LogP contribution in [-0.4, -0.2) is 82.6 Å². The van der Waals surface area contributed by atoms with Crippen LogP contribution >= 0.6 is 0 Å². The molecule has 1 saturated heterocycles. The Morgan fingerprint density at radius 3 is 2.34 bits per heavy atom. The Hall–Kier alpha value is -2.85. The molecule has 0 aromatic heterocycles. The zero-order chi connectivity index (χ0) is 22.5. The third-order valence-corrected chi connectivity index (χ3v) is 4.43. The second kappa shape index (κ2) is 9.57. The minimum absolute atomic E-state index is 0.135. The number of alkyl carbamates (subject to hydrolysis) is 1. The third kappa shape index (κ3) is 6.61. The Balaban J connectivity index is 2.79. The molecule has 1 aliphatic heterocycles. The fourth-order valence-corrected chi connectivity index (χ4v) is 2.70. The molecule has 1 fully saturated rings. The first kappa shape index (κ1) is 24.2. The van der Waals surface area contributed by atoms with Gasteiger partial charge in [-0.15, -0.1) is 0 Å². The van der Waals surface area contributed by atoms with E-state index < -0.39 is 54.1 Å². The van der Waals surface area contributed by atoms with Gasteiger partial charge in [0.05, 0.1) is 13.1 Å². The minimum atomic E-state index is -1.32. The van der Waals surface area contributed by atoms with Crippen LogP contribution in [0.2, 0.25) is 0 Å². The van der Waals surface area contributed by atoms with Crippen molar-refractivity contribution < 1.29 is 33.8 Å². The summed E-state index contributed by atoms with van der Waals surface area (Å²) in [4.78, 5) is 62.1. The predicted octanol–water partition coefficient (Wildman–Crippen LogP) is 0.389. The molecule has 0 saturated carbocycles. The zero-order valence-electron chi connectivity index (χ0n) is 17.6. The largest absolute Gasteiger partial charge is 0.480 e. The summed E-state index contributed by atoms with van der Waals surface area (Å²) >= 11 is 0. The number of likely N-dealkylation sites (N-methyl/N-ethyl adjacent to an activating group) is 1. The number of aliphatic carboxylic acids is 1. The molecule has 0 aromatic rings. The van der Waals surface area contributed by atoms with Crippen LogP contribution in [0.1, 0.15) is 41.0 Å². The van der Waals surface area contributed by atoms with Gasteiger partial charge in [-0.1, -0.05) is 20.3 Å².